The zero-order chi connectivity index (χ0) is 13.0. The van der Waals surface area contributed by atoms with E-state index in [1.165, 1.54) is 58.4 Å². The fourth-order valence-corrected chi connectivity index (χ4v) is 3.19. The molecule has 0 aromatic carbocycles. The van der Waals surface area contributed by atoms with Gasteiger partial charge in [-0.1, -0.05) is 6.42 Å². The van der Waals surface area contributed by atoms with Gasteiger partial charge in [-0.15, -0.1) is 0 Å². The summed E-state index contributed by atoms with van der Waals surface area (Å²) in [6.45, 7) is 14.3. The normalized spacial score (nSPS) is 27.8. The summed E-state index contributed by atoms with van der Waals surface area (Å²) in [4.78, 5) is 5.37. The Labute approximate surface area is 113 Å². The topological polar surface area (TPSA) is 18.5 Å². The highest BCUT2D eigenvalue weighted by Gasteiger charge is 2.28. The van der Waals surface area contributed by atoms with E-state index in [0.717, 1.165) is 12.6 Å². The van der Waals surface area contributed by atoms with Gasteiger partial charge in [-0.25, -0.2) is 0 Å². The number of rotatable bonds is 4. The molecule has 2 saturated heterocycles. The fraction of sp³-hybridized carbons (Fsp3) is 1.00. The molecule has 2 heterocycles. The molecule has 1 atom stereocenters. The quantitative estimate of drug-likeness (QED) is 0.826. The number of piperidine rings is 1. The second kappa shape index (κ2) is 6.36. The lowest BCUT2D eigenvalue weighted by Crippen LogP contribution is -2.43. The van der Waals surface area contributed by atoms with E-state index in [4.69, 9.17) is 0 Å². The molecule has 2 rings (SSSR count). The van der Waals surface area contributed by atoms with E-state index in [2.05, 4.69) is 35.9 Å². The highest BCUT2D eigenvalue weighted by molar-refractivity contribution is 4.85. The standard InChI is InChI=1S/C15H31N3/c1-15(2,3)16-8-12-17-11-7-14(13-17)18-9-5-4-6-10-18/h14,16H,4-13H2,1-3H3. The average molecular weight is 253 g/mol. The molecular weight excluding hydrogens is 222 g/mol. The fourth-order valence-electron chi connectivity index (χ4n) is 3.19. The van der Waals surface area contributed by atoms with Crippen LogP contribution in [0.3, 0.4) is 0 Å². The second-order valence-electron chi connectivity index (χ2n) is 7.02. The molecule has 0 aromatic heterocycles. The minimum atomic E-state index is 0.256. The zero-order valence-corrected chi connectivity index (χ0v) is 12.5. The van der Waals surface area contributed by atoms with E-state index in [0.29, 0.717) is 0 Å². The summed E-state index contributed by atoms with van der Waals surface area (Å²) in [6.07, 6.45) is 5.67. The van der Waals surface area contributed by atoms with Crippen LogP contribution in [-0.2, 0) is 0 Å². The largest absolute Gasteiger partial charge is 0.311 e. The molecule has 1 N–H and O–H groups in total. The molecule has 18 heavy (non-hydrogen) atoms. The SMILES string of the molecule is CC(C)(C)NCCN1CCC(N2CCCCC2)C1. The van der Waals surface area contributed by atoms with Crippen molar-refractivity contribution in [2.24, 2.45) is 0 Å². The summed E-state index contributed by atoms with van der Waals surface area (Å²) in [5.74, 6) is 0. The number of nitrogens with one attached hydrogen (secondary N) is 1. The Morgan fingerprint density at radius 3 is 2.44 bits per heavy atom. The Morgan fingerprint density at radius 1 is 1.06 bits per heavy atom. The highest BCUT2D eigenvalue weighted by atomic mass is 15.3. The third kappa shape index (κ3) is 4.52. The van der Waals surface area contributed by atoms with Crippen LogP contribution in [0.5, 0.6) is 0 Å². The van der Waals surface area contributed by atoms with Gasteiger partial charge in [-0.2, -0.15) is 0 Å². The van der Waals surface area contributed by atoms with Gasteiger partial charge < -0.3 is 10.2 Å². The van der Waals surface area contributed by atoms with Crippen molar-refractivity contribution in [3.63, 3.8) is 0 Å². The van der Waals surface area contributed by atoms with E-state index in [9.17, 15) is 0 Å². The molecule has 0 bridgehead atoms. The minimum absolute atomic E-state index is 0.256. The first-order chi connectivity index (χ1) is 8.54. The number of nitrogens with zero attached hydrogens (tertiary/aromatic N) is 2. The molecule has 3 nitrogen and oxygen atoms in total. The smallest absolute Gasteiger partial charge is 0.0235 e. The van der Waals surface area contributed by atoms with Crippen LogP contribution >= 0.6 is 0 Å². The number of likely N-dealkylation sites (tertiary alicyclic amines) is 2. The molecule has 0 saturated carbocycles. The molecular formula is C15H31N3. The maximum Gasteiger partial charge on any atom is 0.0235 e. The van der Waals surface area contributed by atoms with Gasteiger partial charge in [0.1, 0.15) is 0 Å². The van der Waals surface area contributed by atoms with Gasteiger partial charge in [0.05, 0.1) is 0 Å². The van der Waals surface area contributed by atoms with E-state index in [-0.39, 0.29) is 5.54 Å². The van der Waals surface area contributed by atoms with Crippen LogP contribution in [0, 0.1) is 0 Å². The van der Waals surface area contributed by atoms with Crippen LogP contribution in [0.2, 0.25) is 0 Å². The van der Waals surface area contributed by atoms with Gasteiger partial charge in [0, 0.05) is 31.2 Å². The molecule has 0 amide bonds. The molecule has 0 aliphatic carbocycles. The van der Waals surface area contributed by atoms with Crippen LogP contribution < -0.4 is 5.32 Å². The van der Waals surface area contributed by atoms with Crippen LogP contribution in [-0.4, -0.2) is 60.6 Å². The Kier molecular flexibility index (Phi) is 5.05. The summed E-state index contributed by atoms with van der Waals surface area (Å²) >= 11 is 0. The van der Waals surface area contributed by atoms with Crippen LogP contribution in [0.4, 0.5) is 0 Å². The van der Waals surface area contributed by atoms with Gasteiger partial charge in [-0.3, -0.25) is 4.90 Å². The molecule has 0 radical (unpaired) electrons. The molecule has 0 spiro atoms. The van der Waals surface area contributed by atoms with Crippen LogP contribution in [0.15, 0.2) is 0 Å². The maximum absolute atomic E-state index is 3.59. The van der Waals surface area contributed by atoms with Crippen molar-refractivity contribution in [1.29, 1.82) is 0 Å². The Balaban J connectivity index is 1.65. The predicted molar refractivity (Wildman–Crippen MR) is 78.0 cm³/mol. The lowest BCUT2D eigenvalue weighted by atomic mass is 10.1. The molecule has 0 aromatic rings. The van der Waals surface area contributed by atoms with Gasteiger partial charge in [-0.05, 0) is 59.7 Å². The first-order valence-electron chi connectivity index (χ1n) is 7.76. The molecule has 106 valence electrons. The third-order valence-electron chi connectivity index (χ3n) is 4.24. The van der Waals surface area contributed by atoms with Crippen molar-refractivity contribution in [2.75, 3.05) is 39.3 Å². The molecule has 2 fully saturated rings. The lowest BCUT2D eigenvalue weighted by Gasteiger charge is -2.32. The van der Waals surface area contributed by atoms with Crippen molar-refractivity contribution in [2.45, 2.75) is 58.0 Å². The molecule has 2 aliphatic heterocycles. The lowest BCUT2D eigenvalue weighted by molar-refractivity contribution is 0.162. The van der Waals surface area contributed by atoms with Crippen LogP contribution in [0.25, 0.3) is 0 Å². The van der Waals surface area contributed by atoms with Crippen LogP contribution in [0.1, 0.15) is 46.5 Å². The average Bonchev–Trinajstić information content (AvgIpc) is 2.77. The summed E-state index contributed by atoms with van der Waals surface area (Å²) in [6, 6.07) is 0.847. The van der Waals surface area contributed by atoms with E-state index >= 15 is 0 Å². The maximum atomic E-state index is 3.59. The predicted octanol–water partition coefficient (Wildman–Crippen LogP) is 1.93. The van der Waals surface area contributed by atoms with Crippen molar-refractivity contribution < 1.29 is 0 Å². The Hall–Kier alpha value is -0.120. The van der Waals surface area contributed by atoms with Crippen molar-refractivity contribution in [1.82, 2.24) is 15.1 Å². The third-order valence-corrected chi connectivity index (χ3v) is 4.24. The van der Waals surface area contributed by atoms with Gasteiger partial charge in [0.2, 0.25) is 0 Å². The monoisotopic (exact) mass is 253 g/mol. The first-order valence-corrected chi connectivity index (χ1v) is 7.76. The van der Waals surface area contributed by atoms with E-state index in [1.807, 2.05) is 0 Å². The van der Waals surface area contributed by atoms with Crippen molar-refractivity contribution >= 4 is 0 Å². The highest BCUT2D eigenvalue weighted by Crippen LogP contribution is 2.19. The summed E-state index contributed by atoms with van der Waals surface area (Å²) in [7, 11) is 0. The van der Waals surface area contributed by atoms with E-state index in [1.54, 1.807) is 0 Å². The first kappa shape index (κ1) is 14.3. The molecule has 2 aliphatic rings. The van der Waals surface area contributed by atoms with Crippen molar-refractivity contribution in [3.8, 4) is 0 Å². The Morgan fingerprint density at radius 2 is 1.78 bits per heavy atom. The summed E-state index contributed by atoms with van der Waals surface area (Å²) in [5, 5.41) is 3.59. The minimum Gasteiger partial charge on any atom is -0.311 e. The molecule has 1 unspecified atom stereocenters. The van der Waals surface area contributed by atoms with Crippen molar-refractivity contribution in [3.05, 3.63) is 0 Å². The Bertz CT molecular complexity index is 241. The van der Waals surface area contributed by atoms with Gasteiger partial charge in [0.15, 0.2) is 0 Å². The van der Waals surface area contributed by atoms with Gasteiger partial charge in [0.25, 0.3) is 0 Å². The number of hydrogen-bond donors (Lipinski definition) is 1. The molecule has 3 heteroatoms. The van der Waals surface area contributed by atoms with E-state index < -0.39 is 0 Å². The second-order valence-corrected chi connectivity index (χ2v) is 7.02. The number of hydrogen-bond acceptors (Lipinski definition) is 3. The summed E-state index contributed by atoms with van der Waals surface area (Å²) < 4.78 is 0. The summed E-state index contributed by atoms with van der Waals surface area (Å²) in [5.41, 5.74) is 0.256. The zero-order valence-electron chi connectivity index (χ0n) is 12.5. The van der Waals surface area contributed by atoms with Gasteiger partial charge >= 0.3 is 0 Å².